The zero-order valence-corrected chi connectivity index (χ0v) is 11.4. The predicted octanol–water partition coefficient (Wildman–Crippen LogP) is 1.47. The molecule has 0 atom stereocenters. The highest BCUT2D eigenvalue weighted by atomic mass is 16.4. The molecule has 2 heterocycles. The number of rotatable bonds is 4. The van der Waals surface area contributed by atoms with Crippen molar-refractivity contribution >= 4 is 5.84 Å². The lowest BCUT2D eigenvalue weighted by atomic mass is 9.79. The van der Waals surface area contributed by atoms with E-state index in [2.05, 4.69) is 28.0 Å². The van der Waals surface area contributed by atoms with Crippen molar-refractivity contribution in [2.75, 3.05) is 19.6 Å². The molecule has 1 aromatic heterocycles. The van der Waals surface area contributed by atoms with Crippen LogP contribution in [-0.2, 0) is 6.42 Å². The maximum absolute atomic E-state index is 8.81. The number of likely N-dealkylation sites (tertiary alicyclic amines) is 1. The highest BCUT2D eigenvalue weighted by molar-refractivity contribution is 5.85. The third-order valence-electron chi connectivity index (χ3n) is 4.10. The van der Waals surface area contributed by atoms with Crippen molar-refractivity contribution in [2.24, 2.45) is 16.3 Å². The number of piperidine rings is 1. The molecule has 1 aromatic rings. The number of hydrogen-bond donors (Lipinski definition) is 2. The number of pyridine rings is 1. The molecular formula is C14H22N4O. The first-order valence-electron chi connectivity index (χ1n) is 6.74. The molecule has 104 valence electrons. The van der Waals surface area contributed by atoms with E-state index in [9.17, 15) is 0 Å². The van der Waals surface area contributed by atoms with Crippen LogP contribution in [-0.4, -0.2) is 40.6 Å². The molecule has 0 spiro atoms. The lowest BCUT2D eigenvalue weighted by molar-refractivity contribution is 0.160. The molecule has 5 nitrogen and oxygen atoms in total. The summed E-state index contributed by atoms with van der Waals surface area (Å²) in [6.07, 6.45) is 4.68. The maximum atomic E-state index is 8.81. The molecule has 2 rings (SSSR count). The van der Waals surface area contributed by atoms with E-state index in [1.807, 2.05) is 18.3 Å². The van der Waals surface area contributed by atoms with Crippen LogP contribution in [0.15, 0.2) is 29.6 Å². The molecule has 0 saturated carbocycles. The smallest absolute Gasteiger partial charge is 0.145 e. The summed E-state index contributed by atoms with van der Waals surface area (Å²) in [5.74, 6) is 0.358. The van der Waals surface area contributed by atoms with Crippen molar-refractivity contribution < 1.29 is 5.21 Å². The molecule has 1 fully saturated rings. The quantitative estimate of drug-likeness (QED) is 0.373. The summed E-state index contributed by atoms with van der Waals surface area (Å²) in [5, 5.41) is 12.0. The van der Waals surface area contributed by atoms with E-state index in [0.29, 0.717) is 5.84 Å². The fourth-order valence-corrected chi connectivity index (χ4v) is 2.47. The summed E-state index contributed by atoms with van der Waals surface area (Å²) in [4.78, 5) is 6.75. The molecule has 0 unspecified atom stereocenters. The van der Waals surface area contributed by atoms with Crippen molar-refractivity contribution in [2.45, 2.75) is 26.2 Å². The number of aromatic nitrogens is 1. The third-order valence-corrected chi connectivity index (χ3v) is 4.10. The van der Waals surface area contributed by atoms with Crippen LogP contribution < -0.4 is 5.73 Å². The minimum atomic E-state index is -0.157. The Balaban J connectivity index is 1.81. The van der Waals surface area contributed by atoms with E-state index < -0.39 is 0 Å². The van der Waals surface area contributed by atoms with Crippen molar-refractivity contribution in [3.8, 4) is 0 Å². The van der Waals surface area contributed by atoms with Gasteiger partial charge >= 0.3 is 0 Å². The molecule has 0 amide bonds. The van der Waals surface area contributed by atoms with Crippen LogP contribution in [0.5, 0.6) is 0 Å². The standard InChI is InChI=1S/C14H22N4O/c1-14(13(15)17-19)6-10-18(11-7-14)9-5-12-4-2-3-8-16-12/h2-4,8,19H,5-7,9-11H2,1H3,(H2,15,17). The fourth-order valence-electron chi connectivity index (χ4n) is 2.47. The second-order valence-electron chi connectivity index (χ2n) is 5.46. The average molecular weight is 262 g/mol. The SMILES string of the molecule is CC1(/C(N)=N/O)CCN(CCc2ccccn2)CC1. The Bertz CT molecular complexity index is 424. The molecule has 0 aliphatic carbocycles. The number of oxime groups is 1. The van der Waals surface area contributed by atoms with E-state index in [0.717, 1.165) is 44.6 Å². The van der Waals surface area contributed by atoms with Crippen LogP contribution in [0, 0.1) is 5.41 Å². The lowest BCUT2D eigenvalue weighted by Gasteiger charge is -2.38. The Morgan fingerprint density at radius 3 is 2.79 bits per heavy atom. The first-order valence-corrected chi connectivity index (χ1v) is 6.74. The zero-order chi connectivity index (χ0) is 13.7. The number of nitrogens with zero attached hydrogens (tertiary/aromatic N) is 3. The van der Waals surface area contributed by atoms with E-state index in [4.69, 9.17) is 10.9 Å². The summed E-state index contributed by atoms with van der Waals surface area (Å²) in [5.41, 5.74) is 6.74. The molecular weight excluding hydrogens is 240 g/mol. The summed E-state index contributed by atoms with van der Waals surface area (Å²) in [6.45, 7) is 5.06. The first kappa shape index (κ1) is 13.8. The zero-order valence-electron chi connectivity index (χ0n) is 11.4. The minimum Gasteiger partial charge on any atom is -0.409 e. The van der Waals surface area contributed by atoms with Crippen LogP contribution in [0.1, 0.15) is 25.5 Å². The fraction of sp³-hybridized carbons (Fsp3) is 0.571. The van der Waals surface area contributed by atoms with Gasteiger partial charge in [-0.2, -0.15) is 0 Å². The lowest BCUT2D eigenvalue weighted by Crippen LogP contribution is -2.46. The summed E-state index contributed by atoms with van der Waals surface area (Å²) < 4.78 is 0. The number of nitrogens with two attached hydrogens (primary N) is 1. The molecule has 0 aromatic carbocycles. The molecule has 1 saturated heterocycles. The van der Waals surface area contributed by atoms with Gasteiger partial charge in [0.15, 0.2) is 0 Å². The van der Waals surface area contributed by atoms with Crippen LogP contribution in [0.3, 0.4) is 0 Å². The monoisotopic (exact) mass is 262 g/mol. The second-order valence-corrected chi connectivity index (χ2v) is 5.46. The molecule has 1 aliphatic rings. The molecule has 1 aliphatic heterocycles. The molecule has 0 bridgehead atoms. The summed E-state index contributed by atoms with van der Waals surface area (Å²) >= 11 is 0. The van der Waals surface area contributed by atoms with E-state index in [-0.39, 0.29) is 5.41 Å². The Hall–Kier alpha value is -1.62. The Kier molecular flexibility index (Phi) is 4.37. The minimum absolute atomic E-state index is 0.157. The largest absolute Gasteiger partial charge is 0.409 e. The van der Waals surface area contributed by atoms with Gasteiger partial charge in [-0.15, -0.1) is 0 Å². The van der Waals surface area contributed by atoms with Crippen LogP contribution in [0.4, 0.5) is 0 Å². The van der Waals surface area contributed by atoms with Gasteiger partial charge in [0.2, 0.25) is 0 Å². The normalized spacial score (nSPS) is 20.4. The highest BCUT2D eigenvalue weighted by Crippen LogP contribution is 2.30. The number of amidine groups is 1. The molecule has 5 heteroatoms. The van der Waals surface area contributed by atoms with Crippen molar-refractivity contribution in [1.82, 2.24) is 9.88 Å². The topological polar surface area (TPSA) is 74.7 Å². The molecule has 19 heavy (non-hydrogen) atoms. The van der Waals surface area contributed by atoms with Gasteiger partial charge in [-0.05, 0) is 38.1 Å². The van der Waals surface area contributed by atoms with Crippen LogP contribution >= 0.6 is 0 Å². The van der Waals surface area contributed by atoms with Crippen LogP contribution in [0.25, 0.3) is 0 Å². The van der Waals surface area contributed by atoms with Gasteiger partial charge in [0.05, 0.1) is 0 Å². The summed E-state index contributed by atoms with van der Waals surface area (Å²) in [7, 11) is 0. The summed E-state index contributed by atoms with van der Waals surface area (Å²) in [6, 6.07) is 6.02. The maximum Gasteiger partial charge on any atom is 0.145 e. The van der Waals surface area contributed by atoms with Crippen molar-refractivity contribution in [3.63, 3.8) is 0 Å². The first-order chi connectivity index (χ1) is 9.14. The van der Waals surface area contributed by atoms with Crippen LogP contribution in [0.2, 0.25) is 0 Å². The molecule has 0 radical (unpaired) electrons. The number of hydrogen-bond acceptors (Lipinski definition) is 4. The Morgan fingerprint density at radius 2 is 2.21 bits per heavy atom. The van der Waals surface area contributed by atoms with E-state index in [1.54, 1.807) is 0 Å². The van der Waals surface area contributed by atoms with E-state index in [1.165, 1.54) is 0 Å². The third kappa shape index (κ3) is 3.44. The van der Waals surface area contributed by atoms with Gasteiger partial charge in [-0.3, -0.25) is 4.98 Å². The Morgan fingerprint density at radius 1 is 1.47 bits per heavy atom. The predicted molar refractivity (Wildman–Crippen MR) is 75.1 cm³/mol. The highest BCUT2D eigenvalue weighted by Gasteiger charge is 2.33. The van der Waals surface area contributed by atoms with Gasteiger partial charge in [0, 0.05) is 30.3 Å². The van der Waals surface area contributed by atoms with Gasteiger partial charge in [0.25, 0.3) is 0 Å². The Labute approximate surface area is 114 Å². The van der Waals surface area contributed by atoms with Gasteiger partial charge in [-0.1, -0.05) is 18.1 Å². The van der Waals surface area contributed by atoms with Crippen molar-refractivity contribution in [1.29, 1.82) is 0 Å². The van der Waals surface area contributed by atoms with E-state index >= 15 is 0 Å². The van der Waals surface area contributed by atoms with Gasteiger partial charge < -0.3 is 15.8 Å². The second kappa shape index (κ2) is 6.02. The average Bonchev–Trinajstić information content (AvgIpc) is 2.47. The van der Waals surface area contributed by atoms with Crippen molar-refractivity contribution in [3.05, 3.63) is 30.1 Å². The molecule has 3 N–H and O–H groups in total. The van der Waals surface area contributed by atoms with Gasteiger partial charge in [0.1, 0.15) is 5.84 Å². The van der Waals surface area contributed by atoms with Gasteiger partial charge in [-0.25, -0.2) is 0 Å².